The minimum Gasteiger partial charge on any atom is -0.293 e. The number of rotatable bonds is 0. The summed E-state index contributed by atoms with van der Waals surface area (Å²) in [4.78, 5) is 13.6. The highest BCUT2D eigenvalue weighted by Gasteiger charge is 2.44. The van der Waals surface area contributed by atoms with Crippen LogP contribution in [0, 0.1) is 11.8 Å². The number of carbonyl (C=O) groups is 1. The standard InChI is InChI=1S/C14H9NOS/c16-14-9-5-2-1-4-8(9)13-12-10(14)6-3-7-11(12)17-15-13/h1-7,10,12H. The van der Waals surface area contributed by atoms with E-state index in [1.54, 1.807) is 0 Å². The predicted molar refractivity (Wildman–Crippen MR) is 69.1 cm³/mol. The Hall–Kier alpha value is -1.61. The summed E-state index contributed by atoms with van der Waals surface area (Å²) < 4.78 is 4.55. The van der Waals surface area contributed by atoms with Crippen LogP contribution in [0.5, 0.6) is 0 Å². The Labute approximate surface area is 103 Å². The Bertz CT molecular complexity index is 627. The molecule has 0 bridgehead atoms. The summed E-state index contributed by atoms with van der Waals surface area (Å²) in [7, 11) is 0. The van der Waals surface area contributed by atoms with Crippen LogP contribution in [0.2, 0.25) is 0 Å². The Morgan fingerprint density at radius 2 is 2.00 bits per heavy atom. The zero-order chi connectivity index (χ0) is 11.4. The number of hydrogen-bond donors (Lipinski definition) is 0. The highest BCUT2D eigenvalue weighted by Crippen LogP contribution is 2.47. The van der Waals surface area contributed by atoms with Gasteiger partial charge in [-0.3, -0.25) is 4.79 Å². The van der Waals surface area contributed by atoms with Gasteiger partial charge in [-0.2, -0.15) is 0 Å². The number of fused-ring (bicyclic) bond motifs is 2. The van der Waals surface area contributed by atoms with Crippen LogP contribution in [0.4, 0.5) is 0 Å². The van der Waals surface area contributed by atoms with Gasteiger partial charge in [0.2, 0.25) is 0 Å². The fourth-order valence-corrected chi connectivity index (χ4v) is 3.70. The minimum atomic E-state index is -0.0429. The quantitative estimate of drug-likeness (QED) is 0.651. The van der Waals surface area contributed by atoms with Crippen molar-refractivity contribution in [1.29, 1.82) is 0 Å². The number of ketones is 1. The van der Waals surface area contributed by atoms with E-state index in [0.29, 0.717) is 0 Å². The Morgan fingerprint density at radius 3 is 2.88 bits per heavy atom. The van der Waals surface area contributed by atoms with E-state index in [1.807, 2.05) is 36.4 Å². The van der Waals surface area contributed by atoms with Crippen LogP contribution >= 0.6 is 11.9 Å². The van der Waals surface area contributed by atoms with Crippen molar-refractivity contribution in [3.63, 3.8) is 0 Å². The topological polar surface area (TPSA) is 29.4 Å². The lowest BCUT2D eigenvalue weighted by Crippen LogP contribution is -2.35. The molecule has 2 nitrogen and oxygen atoms in total. The third kappa shape index (κ3) is 1.12. The fraction of sp³-hybridized carbons (Fsp3) is 0.143. The molecule has 0 spiro atoms. The summed E-state index contributed by atoms with van der Waals surface area (Å²) in [6.45, 7) is 0. The van der Waals surface area contributed by atoms with Crippen molar-refractivity contribution < 1.29 is 4.79 Å². The van der Waals surface area contributed by atoms with Crippen molar-refractivity contribution in [2.45, 2.75) is 0 Å². The maximum absolute atomic E-state index is 12.4. The molecule has 0 N–H and O–H groups in total. The normalized spacial score (nSPS) is 28.4. The third-order valence-corrected chi connectivity index (χ3v) is 4.45. The molecule has 1 aromatic carbocycles. The van der Waals surface area contributed by atoms with Gasteiger partial charge >= 0.3 is 0 Å². The molecule has 1 heterocycles. The van der Waals surface area contributed by atoms with Crippen LogP contribution in [-0.4, -0.2) is 11.5 Å². The summed E-state index contributed by atoms with van der Waals surface area (Å²) in [5, 5.41) is 0. The van der Waals surface area contributed by atoms with E-state index in [1.165, 1.54) is 16.9 Å². The van der Waals surface area contributed by atoms with Crippen LogP contribution in [0.1, 0.15) is 15.9 Å². The van der Waals surface area contributed by atoms with E-state index >= 15 is 0 Å². The van der Waals surface area contributed by atoms with Gasteiger partial charge in [0.25, 0.3) is 0 Å². The van der Waals surface area contributed by atoms with Gasteiger partial charge in [0, 0.05) is 33.9 Å². The van der Waals surface area contributed by atoms with Gasteiger partial charge in [0.15, 0.2) is 5.78 Å². The Balaban J connectivity index is 2.02. The lowest BCUT2D eigenvalue weighted by molar-refractivity contribution is 0.0929. The van der Waals surface area contributed by atoms with Crippen LogP contribution in [0.25, 0.3) is 0 Å². The molecule has 1 aromatic rings. The Morgan fingerprint density at radius 1 is 1.18 bits per heavy atom. The van der Waals surface area contributed by atoms with Gasteiger partial charge < -0.3 is 0 Å². The van der Waals surface area contributed by atoms with E-state index in [4.69, 9.17) is 0 Å². The first-order valence-corrected chi connectivity index (χ1v) is 6.40. The van der Waals surface area contributed by atoms with Crippen LogP contribution in [-0.2, 0) is 0 Å². The van der Waals surface area contributed by atoms with Crippen molar-refractivity contribution in [1.82, 2.24) is 0 Å². The summed E-state index contributed by atoms with van der Waals surface area (Å²) in [6, 6.07) is 7.80. The summed E-state index contributed by atoms with van der Waals surface area (Å²) in [5.74, 6) is 0.361. The summed E-state index contributed by atoms with van der Waals surface area (Å²) in [5.41, 5.74) is 2.91. The van der Waals surface area contributed by atoms with E-state index in [0.717, 1.165) is 16.8 Å². The van der Waals surface area contributed by atoms with E-state index in [-0.39, 0.29) is 17.6 Å². The molecule has 2 unspecified atom stereocenters. The first-order chi connectivity index (χ1) is 8.36. The smallest absolute Gasteiger partial charge is 0.171 e. The fourth-order valence-electron chi connectivity index (χ4n) is 2.77. The van der Waals surface area contributed by atoms with Crippen LogP contribution < -0.4 is 0 Å². The number of hydrogen-bond acceptors (Lipinski definition) is 3. The summed E-state index contributed by atoms with van der Waals surface area (Å²) >= 11 is 1.51. The molecule has 4 rings (SSSR count). The molecule has 0 aromatic heterocycles. The maximum atomic E-state index is 12.4. The molecule has 17 heavy (non-hydrogen) atoms. The number of carbonyl (C=O) groups excluding carboxylic acids is 1. The van der Waals surface area contributed by atoms with Crippen molar-refractivity contribution in [2.24, 2.45) is 16.2 Å². The summed E-state index contributed by atoms with van der Waals surface area (Å²) in [6.07, 6.45) is 6.06. The molecular weight excluding hydrogens is 230 g/mol. The molecule has 0 saturated carbocycles. The molecular formula is C14H9NOS. The van der Waals surface area contributed by atoms with Gasteiger partial charge in [0.05, 0.1) is 11.6 Å². The second-order valence-electron chi connectivity index (χ2n) is 4.44. The van der Waals surface area contributed by atoms with Crippen molar-refractivity contribution in [3.05, 3.63) is 58.5 Å². The largest absolute Gasteiger partial charge is 0.293 e. The van der Waals surface area contributed by atoms with E-state index in [2.05, 4.69) is 10.5 Å². The van der Waals surface area contributed by atoms with Gasteiger partial charge in [-0.05, 0) is 0 Å². The van der Waals surface area contributed by atoms with Gasteiger partial charge in [-0.1, -0.05) is 42.5 Å². The molecule has 3 heteroatoms. The number of benzene rings is 1. The zero-order valence-electron chi connectivity index (χ0n) is 8.96. The average Bonchev–Trinajstić information content (AvgIpc) is 2.81. The molecule has 0 amide bonds. The predicted octanol–water partition coefficient (Wildman–Crippen LogP) is 3.02. The van der Waals surface area contributed by atoms with Crippen molar-refractivity contribution in [2.75, 3.05) is 0 Å². The van der Waals surface area contributed by atoms with Crippen molar-refractivity contribution >= 4 is 23.4 Å². The van der Waals surface area contributed by atoms with E-state index < -0.39 is 0 Å². The monoisotopic (exact) mass is 239 g/mol. The number of Topliss-reactive ketones (excluding diaryl/α,β-unsaturated/α-hetero) is 1. The molecule has 2 aliphatic carbocycles. The number of allylic oxidation sites excluding steroid dienone is 4. The second-order valence-corrected chi connectivity index (χ2v) is 5.27. The minimum absolute atomic E-state index is 0.0429. The van der Waals surface area contributed by atoms with E-state index in [9.17, 15) is 4.79 Å². The van der Waals surface area contributed by atoms with Crippen molar-refractivity contribution in [3.8, 4) is 0 Å². The highest BCUT2D eigenvalue weighted by atomic mass is 32.2. The van der Waals surface area contributed by atoms with Crippen LogP contribution in [0.15, 0.2) is 51.8 Å². The molecule has 1 aliphatic heterocycles. The Kier molecular flexibility index (Phi) is 1.77. The highest BCUT2D eigenvalue weighted by molar-refractivity contribution is 8.02. The van der Waals surface area contributed by atoms with Gasteiger partial charge in [-0.25, -0.2) is 4.40 Å². The average molecular weight is 239 g/mol. The molecule has 0 radical (unpaired) electrons. The number of nitrogens with zero attached hydrogens (tertiary/aromatic N) is 1. The first-order valence-electron chi connectivity index (χ1n) is 5.63. The second kappa shape index (κ2) is 3.20. The van der Waals surface area contributed by atoms with Gasteiger partial charge in [-0.15, -0.1) is 0 Å². The van der Waals surface area contributed by atoms with Gasteiger partial charge in [0.1, 0.15) is 0 Å². The SMILES string of the molecule is O=C1c2ccccc2C2=NSC3=CC=CC1C32. The maximum Gasteiger partial charge on any atom is 0.171 e. The lowest BCUT2D eigenvalue weighted by Gasteiger charge is -2.29. The molecule has 82 valence electrons. The first kappa shape index (κ1) is 9.42. The molecule has 0 saturated heterocycles. The van der Waals surface area contributed by atoms with Crippen LogP contribution in [0.3, 0.4) is 0 Å². The molecule has 2 atom stereocenters. The zero-order valence-corrected chi connectivity index (χ0v) is 9.78. The molecule has 3 aliphatic rings. The third-order valence-electron chi connectivity index (χ3n) is 3.56. The molecule has 0 fully saturated rings. The lowest BCUT2D eigenvalue weighted by atomic mass is 9.72.